The average molecular weight is 453 g/mol. The van der Waals surface area contributed by atoms with Crippen molar-refractivity contribution in [1.82, 2.24) is 10.2 Å². The maximum absolute atomic E-state index is 12.5. The first-order valence-electron chi connectivity index (χ1n) is 11.5. The molecule has 8 nitrogen and oxygen atoms in total. The molecule has 182 valence electrons. The molecule has 1 aromatic rings. The van der Waals surface area contributed by atoms with E-state index < -0.39 is 12.1 Å². The first-order valence-corrected chi connectivity index (χ1v) is 11.5. The van der Waals surface area contributed by atoms with Gasteiger partial charge >= 0.3 is 12.0 Å². The fourth-order valence-corrected chi connectivity index (χ4v) is 2.95. The summed E-state index contributed by atoms with van der Waals surface area (Å²) >= 11 is 0. The minimum Gasteiger partial charge on any atom is -0.492 e. The summed E-state index contributed by atoms with van der Waals surface area (Å²) in [7, 11) is 0. The zero-order valence-corrected chi connectivity index (χ0v) is 20.0. The van der Waals surface area contributed by atoms with E-state index in [1.54, 1.807) is 11.8 Å². The summed E-state index contributed by atoms with van der Waals surface area (Å²) in [6.45, 7) is 11.7. The monoisotopic (exact) mass is 452 g/mol. The second kappa shape index (κ2) is 16.3. The van der Waals surface area contributed by atoms with E-state index in [0.717, 1.165) is 25.0 Å². The van der Waals surface area contributed by atoms with Crippen LogP contribution in [-0.2, 0) is 20.7 Å². The van der Waals surface area contributed by atoms with Crippen LogP contribution in [0.2, 0.25) is 0 Å². The van der Waals surface area contributed by atoms with Crippen molar-refractivity contribution in [1.29, 1.82) is 0 Å². The number of ether oxygens (including phenoxy) is 3. The first kappa shape index (κ1) is 27.7. The van der Waals surface area contributed by atoms with E-state index in [2.05, 4.69) is 26.1 Å². The predicted molar refractivity (Wildman–Crippen MR) is 124 cm³/mol. The van der Waals surface area contributed by atoms with E-state index >= 15 is 0 Å². The van der Waals surface area contributed by atoms with Crippen molar-refractivity contribution in [2.45, 2.75) is 53.1 Å². The lowest BCUT2D eigenvalue weighted by Crippen LogP contribution is -2.44. The number of carbonyl (C=O) groups is 2. The van der Waals surface area contributed by atoms with E-state index in [1.165, 1.54) is 0 Å². The minimum atomic E-state index is -0.969. The summed E-state index contributed by atoms with van der Waals surface area (Å²) in [5.74, 6) is 0.0841. The summed E-state index contributed by atoms with van der Waals surface area (Å²) in [5.41, 5.74) is 0.861. The fraction of sp³-hybridized carbons (Fsp3) is 0.667. The molecular weight excluding hydrogens is 412 g/mol. The van der Waals surface area contributed by atoms with E-state index in [4.69, 9.17) is 14.2 Å². The van der Waals surface area contributed by atoms with Crippen molar-refractivity contribution in [3.8, 4) is 5.75 Å². The Morgan fingerprint density at radius 1 is 1.06 bits per heavy atom. The summed E-state index contributed by atoms with van der Waals surface area (Å²) in [4.78, 5) is 25.5. The number of nitrogens with zero attached hydrogens (tertiary/aromatic N) is 1. The number of carboxylic acid groups (broad SMARTS) is 1. The Morgan fingerprint density at radius 2 is 1.78 bits per heavy atom. The van der Waals surface area contributed by atoms with Crippen LogP contribution >= 0.6 is 0 Å². The van der Waals surface area contributed by atoms with Gasteiger partial charge in [0.1, 0.15) is 12.4 Å². The highest BCUT2D eigenvalue weighted by Crippen LogP contribution is 2.15. The van der Waals surface area contributed by atoms with Gasteiger partial charge in [0.05, 0.1) is 6.54 Å². The first-order chi connectivity index (χ1) is 15.4. The number of benzene rings is 1. The van der Waals surface area contributed by atoms with Crippen LogP contribution in [0.1, 0.15) is 46.1 Å². The number of aliphatic carboxylic acids is 1. The van der Waals surface area contributed by atoms with Gasteiger partial charge in [-0.3, -0.25) is 0 Å². The summed E-state index contributed by atoms with van der Waals surface area (Å²) < 4.78 is 16.6. The van der Waals surface area contributed by atoms with Gasteiger partial charge in [-0.15, -0.1) is 0 Å². The lowest BCUT2D eigenvalue weighted by Gasteiger charge is -2.24. The molecule has 0 heterocycles. The smallest absolute Gasteiger partial charge is 0.333 e. The Balaban J connectivity index is 2.53. The van der Waals surface area contributed by atoms with Crippen LogP contribution < -0.4 is 10.1 Å². The van der Waals surface area contributed by atoms with Crippen LogP contribution in [0.5, 0.6) is 5.75 Å². The van der Waals surface area contributed by atoms with Crippen molar-refractivity contribution >= 4 is 12.0 Å². The maximum Gasteiger partial charge on any atom is 0.333 e. The number of urea groups is 1. The second-order valence-electron chi connectivity index (χ2n) is 8.01. The number of amides is 2. The second-order valence-corrected chi connectivity index (χ2v) is 8.01. The fourth-order valence-electron chi connectivity index (χ4n) is 2.95. The largest absolute Gasteiger partial charge is 0.492 e. The van der Waals surface area contributed by atoms with Crippen LogP contribution in [0.15, 0.2) is 24.3 Å². The molecule has 1 atom stereocenters. The van der Waals surface area contributed by atoms with Crippen LogP contribution in [0.25, 0.3) is 0 Å². The summed E-state index contributed by atoms with van der Waals surface area (Å²) in [5, 5.41) is 12.2. The van der Waals surface area contributed by atoms with Gasteiger partial charge in [-0.05, 0) is 43.4 Å². The van der Waals surface area contributed by atoms with Gasteiger partial charge < -0.3 is 29.5 Å². The number of carboxylic acids is 1. The van der Waals surface area contributed by atoms with Crippen molar-refractivity contribution in [3.63, 3.8) is 0 Å². The highest BCUT2D eigenvalue weighted by atomic mass is 16.5. The third-order valence-corrected chi connectivity index (χ3v) is 4.63. The van der Waals surface area contributed by atoms with Gasteiger partial charge in [0.2, 0.25) is 0 Å². The predicted octanol–water partition coefficient (Wildman–Crippen LogP) is 3.58. The van der Waals surface area contributed by atoms with Gasteiger partial charge in [0.15, 0.2) is 6.10 Å². The Kier molecular flexibility index (Phi) is 14.1. The lowest BCUT2D eigenvalue weighted by molar-refractivity contribution is -0.149. The molecule has 32 heavy (non-hydrogen) atoms. The molecule has 0 radical (unpaired) electrons. The third kappa shape index (κ3) is 11.9. The highest BCUT2D eigenvalue weighted by molar-refractivity contribution is 5.74. The van der Waals surface area contributed by atoms with Gasteiger partial charge in [-0.25, -0.2) is 9.59 Å². The quantitative estimate of drug-likeness (QED) is 0.351. The number of hydrogen-bond acceptors (Lipinski definition) is 5. The maximum atomic E-state index is 12.5. The van der Waals surface area contributed by atoms with Crippen LogP contribution in [0.4, 0.5) is 4.79 Å². The molecule has 0 aliphatic rings. The number of rotatable bonds is 17. The normalized spacial score (nSPS) is 11.9. The molecule has 0 saturated carbocycles. The standard InChI is InChI=1S/C24H40N2O6/c1-5-14-30-15-7-12-26(24(29)25-18-19(3)4)13-16-32-21-10-8-20(9-11-21)17-22(23(27)28)31-6-2/h8-11,19,22H,5-7,12-18H2,1-4H3,(H,25,29)(H,27,28). The molecule has 0 spiro atoms. The topological polar surface area (TPSA) is 97.3 Å². The van der Waals surface area contributed by atoms with Crippen molar-refractivity contribution in [2.24, 2.45) is 5.92 Å². The van der Waals surface area contributed by atoms with Gasteiger partial charge in [0.25, 0.3) is 0 Å². The molecule has 8 heteroatoms. The number of carbonyl (C=O) groups excluding carboxylic acids is 1. The zero-order valence-electron chi connectivity index (χ0n) is 20.0. The minimum absolute atomic E-state index is 0.0937. The molecule has 0 bridgehead atoms. The SMILES string of the molecule is CCCOCCCN(CCOc1ccc(CC(OCC)C(=O)O)cc1)C(=O)NCC(C)C. The van der Waals surface area contributed by atoms with E-state index in [9.17, 15) is 14.7 Å². The molecule has 0 fully saturated rings. The molecule has 0 saturated heterocycles. The van der Waals surface area contributed by atoms with Crippen LogP contribution in [0.3, 0.4) is 0 Å². The van der Waals surface area contributed by atoms with Gasteiger partial charge in [-0.1, -0.05) is 32.9 Å². The average Bonchev–Trinajstić information content (AvgIpc) is 2.76. The third-order valence-electron chi connectivity index (χ3n) is 4.63. The Labute approximate surface area is 192 Å². The van der Waals surface area contributed by atoms with Crippen molar-refractivity contribution in [2.75, 3.05) is 46.1 Å². The van der Waals surface area contributed by atoms with E-state index in [0.29, 0.717) is 57.5 Å². The number of hydrogen-bond donors (Lipinski definition) is 2. The van der Waals surface area contributed by atoms with Crippen molar-refractivity contribution in [3.05, 3.63) is 29.8 Å². The van der Waals surface area contributed by atoms with Crippen LogP contribution in [0, 0.1) is 5.92 Å². The van der Waals surface area contributed by atoms with Crippen molar-refractivity contribution < 1.29 is 28.9 Å². The molecule has 2 amide bonds. The molecule has 0 aliphatic carbocycles. The van der Waals surface area contributed by atoms with E-state index in [-0.39, 0.29) is 6.03 Å². The molecule has 1 aromatic carbocycles. The molecule has 0 aromatic heterocycles. The Hall–Kier alpha value is -2.32. The zero-order chi connectivity index (χ0) is 23.8. The molecule has 0 aliphatic heterocycles. The molecule has 2 N–H and O–H groups in total. The molecular formula is C24H40N2O6. The van der Waals surface area contributed by atoms with Gasteiger partial charge in [-0.2, -0.15) is 0 Å². The molecule has 1 rings (SSSR count). The van der Waals surface area contributed by atoms with Gasteiger partial charge in [0, 0.05) is 39.3 Å². The summed E-state index contributed by atoms with van der Waals surface area (Å²) in [6, 6.07) is 7.19. The Morgan fingerprint density at radius 3 is 2.38 bits per heavy atom. The Bertz CT molecular complexity index is 650. The highest BCUT2D eigenvalue weighted by Gasteiger charge is 2.18. The lowest BCUT2D eigenvalue weighted by atomic mass is 10.1. The summed E-state index contributed by atoms with van der Waals surface area (Å²) in [6.07, 6.45) is 1.20. The molecule has 1 unspecified atom stereocenters. The van der Waals surface area contributed by atoms with Crippen LogP contribution in [-0.4, -0.2) is 74.2 Å². The number of nitrogens with one attached hydrogen (secondary N) is 1. The van der Waals surface area contributed by atoms with E-state index in [1.807, 2.05) is 24.3 Å².